The van der Waals surface area contributed by atoms with Crippen molar-refractivity contribution in [2.24, 2.45) is 0 Å². The monoisotopic (exact) mass is 373 g/mol. The van der Waals surface area contributed by atoms with Crippen LogP contribution in [0, 0.1) is 0 Å². The fourth-order valence-electron chi connectivity index (χ4n) is 3.56. The van der Waals surface area contributed by atoms with E-state index in [1.165, 1.54) is 30.6 Å². The van der Waals surface area contributed by atoms with Gasteiger partial charge in [0.2, 0.25) is 0 Å². The second-order valence-corrected chi connectivity index (χ2v) is 7.52. The van der Waals surface area contributed by atoms with Gasteiger partial charge in [0.15, 0.2) is 17.0 Å². The predicted molar refractivity (Wildman–Crippen MR) is 101 cm³/mol. The fraction of sp³-hybridized carbons (Fsp3) is 0.500. The molecular formula is C18H23N5O2S. The lowest BCUT2D eigenvalue weighted by Crippen LogP contribution is -2.33. The Labute approximate surface area is 156 Å². The number of hydrogen-bond acceptors (Lipinski definition) is 7. The van der Waals surface area contributed by atoms with Crippen LogP contribution in [-0.2, 0) is 18.0 Å². The largest absolute Gasteiger partial charge is 0.394 e. The minimum Gasteiger partial charge on any atom is -0.394 e. The summed E-state index contributed by atoms with van der Waals surface area (Å²) in [5.41, 5.74) is 1.57. The third-order valence-electron chi connectivity index (χ3n) is 4.79. The molecule has 138 valence electrons. The maximum Gasteiger partial charge on any atom is 0.167 e. The average Bonchev–Trinajstić information content (AvgIpc) is 3.41. The molecule has 0 amide bonds. The number of aliphatic hydroxyl groups excluding tert-OH is 1. The van der Waals surface area contributed by atoms with E-state index in [0.29, 0.717) is 19.4 Å². The van der Waals surface area contributed by atoms with E-state index >= 15 is 0 Å². The maximum absolute atomic E-state index is 8.89. The van der Waals surface area contributed by atoms with Gasteiger partial charge in [-0.05, 0) is 24.3 Å². The highest BCUT2D eigenvalue weighted by atomic mass is 32.1. The third-order valence-corrected chi connectivity index (χ3v) is 5.65. The number of nitrogens with zero attached hydrogens (tertiary/aromatic N) is 5. The first-order chi connectivity index (χ1) is 12.9. The standard InChI is InChI=1S/C18H23N5O2S/c24-7-8-25-13-22-12-21-16-17(22)19-11-20-18(16)23(14-4-1-2-5-14)10-15-6-3-9-26-15/h3,6,9,11-12,14,24H,1-2,4-5,7-8,10,13H2. The van der Waals surface area contributed by atoms with Crippen molar-refractivity contribution in [1.29, 1.82) is 0 Å². The average molecular weight is 373 g/mol. The van der Waals surface area contributed by atoms with E-state index in [2.05, 4.69) is 37.4 Å². The van der Waals surface area contributed by atoms with E-state index in [9.17, 15) is 0 Å². The summed E-state index contributed by atoms with van der Waals surface area (Å²) in [6.07, 6.45) is 8.26. The lowest BCUT2D eigenvalue weighted by atomic mass is 10.2. The van der Waals surface area contributed by atoms with Crippen LogP contribution >= 0.6 is 11.3 Å². The summed E-state index contributed by atoms with van der Waals surface area (Å²) in [6, 6.07) is 4.76. The number of hydrogen-bond donors (Lipinski definition) is 1. The molecule has 1 saturated carbocycles. The molecule has 1 fully saturated rings. The van der Waals surface area contributed by atoms with Crippen LogP contribution in [0.15, 0.2) is 30.2 Å². The van der Waals surface area contributed by atoms with Crippen LogP contribution in [-0.4, -0.2) is 43.9 Å². The minimum atomic E-state index is 0.00311. The summed E-state index contributed by atoms with van der Waals surface area (Å²) >= 11 is 1.77. The molecule has 0 spiro atoms. The molecule has 0 bridgehead atoms. The van der Waals surface area contributed by atoms with Gasteiger partial charge in [-0.15, -0.1) is 11.3 Å². The first kappa shape index (κ1) is 17.4. The van der Waals surface area contributed by atoms with Crippen molar-refractivity contribution in [1.82, 2.24) is 19.5 Å². The topological polar surface area (TPSA) is 76.3 Å². The van der Waals surface area contributed by atoms with Crippen molar-refractivity contribution in [3.63, 3.8) is 0 Å². The van der Waals surface area contributed by atoms with Crippen LogP contribution < -0.4 is 4.90 Å². The van der Waals surface area contributed by atoms with Crippen LogP contribution in [0.5, 0.6) is 0 Å². The molecule has 0 radical (unpaired) electrons. The van der Waals surface area contributed by atoms with Gasteiger partial charge in [-0.3, -0.25) is 4.57 Å². The van der Waals surface area contributed by atoms with Crippen molar-refractivity contribution in [2.75, 3.05) is 18.1 Å². The molecule has 26 heavy (non-hydrogen) atoms. The molecule has 0 atom stereocenters. The molecule has 7 nitrogen and oxygen atoms in total. The summed E-state index contributed by atoms with van der Waals surface area (Å²) in [5, 5.41) is 11.0. The molecule has 8 heteroatoms. The van der Waals surface area contributed by atoms with Gasteiger partial charge in [-0.1, -0.05) is 18.9 Å². The SMILES string of the molecule is OCCOCn1cnc2c(N(Cc3cccs3)C3CCCC3)ncnc21. The molecule has 3 aromatic rings. The summed E-state index contributed by atoms with van der Waals surface area (Å²) in [5.74, 6) is 0.899. The van der Waals surface area contributed by atoms with Crippen LogP contribution in [0.25, 0.3) is 11.2 Å². The molecule has 3 heterocycles. The van der Waals surface area contributed by atoms with Crippen LogP contribution in [0.4, 0.5) is 5.82 Å². The summed E-state index contributed by atoms with van der Waals surface area (Å²) in [6.45, 7) is 1.47. The Bertz CT molecular complexity index is 829. The molecule has 0 aliphatic heterocycles. The molecule has 1 N–H and O–H groups in total. The summed E-state index contributed by atoms with van der Waals surface area (Å²) < 4.78 is 7.28. The third kappa shape index (κ3) is 3.58. The van der Waals surface area contributed by atoms with E-state index in [1.807, 2.05) is 4.57 Å². The fourth-order valence-corrected chi connectivity index (χ4v) is 4.27. The Kier molecular flexibility index (Phi) is 5.42. The second-order valence-electron chi connectivity index (χ2n) is 6.49. The number of ether oxygens (including phenoxy) is 1. The van der Waals surface area contributed by atoms with Gasteiger partial charge in [0.1, 0.15) is 13.1 Å². The molecule has 3 aromatic heterocycles. The van der Waals surface area contributed by atoms with Gasteiger partial charge >= 0.3 is 0 Å². The number of aromatic nitrogens is 4. The van der Waals surface area contributed by atoms with E-state index in [0.717, 1.165) is 23.5 Å². The Balaban J connectivity index is 1.67. The molecule has 1 aliphatic carbocycles. The van der Waals surface area contributed by atoms with Crippen molar-refractivity contribution in [3.05, 3.63) is 35.0 Å². The zero-order chi connectivity index (χ0) is 17.8. The lowest BCUT2D eigenvalue weighted by molar-refractivity contribution is 0.0499. The number of fused-ring (bicyclic) bond motifs is 1. The Morgan fingerprint density at radius 2 is 2.15 bits per heavy atom. The Hall–Kier alpha value is -2.03. The van der Waals surface area contributed by atoms with Crippen molar-refractivity contribution < 1.29 is 9.84 Å². The number of rotatable bonds is 8. The summed E-state index contributed by atoms with van der Waals surface area (Å²) in [4.78, 5) is 17.3. The van der Waals surface area contributed by atoms with Gasteiger partial charge in [0.05, 0.1) is 26.1 Å². The number of thiophene rings is 1. The van der Waals surface area contributed by atoms with Gasteiger partial charge in [-0.2, -0.15) is 0 Å². The zero-order valence-corrected chi connectivity index (χ0v) is 15.4. The zero-order valence-electron chi connectivity index (χ0n) is 14.6. The van der Waals surface area contributed by atoms with Gasteiger partial charge in [0, 0.05) is 10.9 Å². The van der Waals surface area contributed by atoms with E-state index in [1.54, 1.807) is 24.0 Å². The highest BCUT2D eigenvalue weighted by Crippen LogP contribution is 2.32. The van der Waals surface area contributed by atoms with Crippen molar-refractivity contribution in [2.45, 2.75) is 45.0 Å². The van der Waals surface area contributed by atoms with Crippen LogP contribution in [0.2, 0.25) is 0 Å². The highest BCUT2D eigenvalue weighted by Gasteiger charge is 2.27. The van der Waals surface area contributed by atoms with Crippen LogP contribution in [0.3, 0.4) is 0 Å². The quantitative estimate of drug-likeness (QED) is 0.612. The number of imidazole rings is 1. The minimum absolute atomic E-state index is 0.00311. The van der Waals surface area contributed by atoms with E-state index < -0.39 is 0 Å². The number of anilines is 1. The molecular weight excluding hydrogens is 350 g/mol. The normalized spacial score (nSPS) is 15.1. The van der Waals surface area contributed by atoms with Crippen molar-refractivity contribution >= 4 is 28.3 Å². The first-order valence-electron chi connectivity index (χ1n) is 9.00. The Morgan fingerprint density at radius 3 is 2.92 bits per heavy atom. The van der Waals surface area contributed by atoms with Gasteiger partial charge in [0.25, 0.3) is 0 Å². The highest BCUT2D eigenvalue weighted by molar-refractivity contribution is 7.09. The van der Waals surface area contributed by atoms with Crippen molar-refractivity contribution in [3.8, 4) is 0 Å². The van der Waals surface area contributed by atoms with Gasteiger partial charge < -0.3 is 14.7 Å². The molecule has 4 rings (SSSR count). The molecule has 0 aromatic carbocycles. The smallest absolute Gasteiger partial charge is 0.167 e. The molecule has 1 aliphatic rings. The van der Waals surface area contributed by atoms with E-state index in [4.69, 9.17) is 9.84 Å². The second kappa shape index (κ2) is 8.11. The maximum atomic E-state index is 8.89. The van der Waals surface area contributed by atoms with Gasteiger partial charge in [-0.25, -0.2) is 15.0 Å². The molecule has 0 unspecified atom stereocenters. The predicted octanol–water partition coefficient (Wildman–Crippen LogP) is 2.80. The van der Waals surface area contributed by atoms with Crippen LogP contribution in [0.1, 0.15) is 30.6 Å². The first-order valence-corrected chi connectivity index (χ1v) is 9.88. The lowest BCUT2D eigenvalue weighted by Gasteiger charge is -2.29. The van der Waals surface area contributed by atoms with E-state index in [-0.39, 0.29) is 6.61 Å². The Morgan fingerprint density at radius 1 is 1.27 bits per heavy atom. The molecule has 0 saturated heterocycles. The summed E-state index contributed by atoms with van der Waals surface area (Å²) in [7, 11) is 0. The number of aliphatic hydroxyl groups is 1.